The van der Waals surface area contributed by atoms with Crippen LogP contribution in [0.4, 0.5) is 0 Å². The molecule has 100 valence electrons. The van der Waals surface area contributed by atoms with Gasteiger partial charge in [-0.05, 0) is 18.2 Å². The second-order valence-electron chi connectivity index (χ2n) is 4.34. The van der Waals surface area contributed by atoms with E-state index in [0.29, 0.717) is 12.5 Å². The fraction of sp³-hybridized carbons (Fsp3) is 0.133. The number of pyridine rings is 2. The van der Waals surface area contributed by atoms with Gasteiger partial charge in [-0.15, -0.1) is 0 Å². The first-order valence-corrected chi connectivity index (χ1v) is 6.29. The van der Waals surface area contributed by atoms with Crippen LogP contribution in [0.5, 0.6) is 5.88 Å². The Balaban J connectivity index is 1.69. The summed E-state index contributed by atoms with van der Waals surface area (Å²) < 4.78 is 7.53. The highest BCUT2D eigenvalue weighted by Crippen LogP contribution is 2.18. The number of ether oxygens (including phenoxy) is 1. The molecule has 0 spiro atoms. The molecule has 0 saturated heterocycles. The molecule has 3 aromatic rings. The predicted octanol–water partition coefficient (Wildman–Crippen LogP) is 2.46. The molecule has 20 heavy (non-hydrogen) atoms. The second kappa shape index (κ2) is 5.52. The summed E-state index contributed by atoms with van der Waals surface area (Å²) in [6, 6.07) is 9.58. The molecule has 0 bridgehead atoms. The highest BCUT2D eigenvalue weighted by atomic mass is 16.5. The lowest BCUT2D eigenvalue weighted by Gasteiger charge is -2.06. The highest BCUT2D eigenvalue weighted by molar-refractivity contribution is 5.57. The van der Waals surface area contributed by atoms with E-state index in [1.54, 1.807) is 18.6 Å². The highest BCUT2D eigenvalue weighted by Gasteiger charge is 2.03. The summed E-state index contributed by atoms with van der Waals surface area (Å²) in [7, 11) is 1.93. The van der Waals surface area contributed by atoms with E-state index in [-0.39, 0.29) is 0 Å². The van der Waals surface area contributed by atoms with Crippen LogP contribution in [0.25, 0.3) is 11.3 Å². The van der Waals surface area contributed by atoms with E-state index in [0.717, 1.165) is 17.1 Å². The largest absolute Gasteiger partial charge is 0.469 e. The SMILES string of the molecule is Cn1ccnc1COc1ccc(-c2ccccn2)cn1. The first-order chi connectivity index (χ1) is 9.83. The van der Waals surface area contributed by atoms with E-state index in [1.807, 2.05) is 48.1 Å². The van der Waals surface area contributed by atoms with Gasteiger partial charge in [-0.3, -0.25) is 4.98 Å². The lowest BCUT2D eigenvalue weighted by molar-refractivity contribution is 0.280. The molecule has 0 atom stereocenters. The van der Waals surface area contributed by atoms with Crippen molar-refractivity contribution < 1.29 is 4.74 Å². The average molecular weight is 266 g/mol. The molecule has 0 N–H and O–H groups in total. The van der Waals surface area contributed by atoms with Crippen LogP contribution in [0.3, 0.4) is 0 Å². The van der Waals surface area contributed by atoms with Crippen LogP contribution in [-0.4, -0.2) is 19.5 Å². The quantitative estimate of drug-likeness (QED) is 0.728. The molecule has 0 aliphatic rings. The van der Waals surface area contributed by atoms with Gasteiger partial charge in [0.15, 0.2) is 0 Å². The summed E-state index contributed by atoms with van der Waals surface area (Å²) in [6.07, 6.45) is 7.16. The fourth-order valence-electron chi connectivity index (χ4n) is 1.82. The molecule has 0 amide bonds. The Morgan fingerprint density at radius 3 is 2.65 bits per heavy atom. The Bertz CT molecular complexity index is 677. The molecule has 0 unspecified atom stereocenters. The molecule has 0 aliphatic carbocycles. The maximum atomic E-state index is 5.61. The predicted molar refractivity (Wildman–Crippen MR) is 75.0 cm³/mol. The summed E-state index contributed by atoms with van der Waals surface area (Å²) in [5.74, 6) is 1.44. The lowest BCUT2D eigenvalue weighted by atomic mass is 10.2. The first-order valence-electron chi connectivity index (χ1n) is 6.29. The molecule has 0 aliphatic heterocycles. The van der Waals surface area contributed by atoms with Crippen LogP contribution in [0.15, 0.2) is 55.1 Å². The van der Waals surface area contributed by atoms with Crippen molar-refractivity contribution in [2.45, 2.75) is 6.61 Å². The van der Waals surface area contributed by atoms with Gasteiger partial charge in [-0.1, -0.05) is 6.07 Å². The van der Waals surface area contributed by atoms with E-state index in [9.17, 15) is 0 Å². The minimum absolute atomic E-state index is 0.402. The van der Waals surface area contributed by atoms with Crippen LogP contribution in [0.1, 0.15) is 5.82 Å². The van der Waals surface area contributed by atoms with Gasteiger partial charge < -0.3 is 9.30 Å². The molecule has 3 heterocycles. The van der Waals surface area contributed by atoms with Crippen molar-refractivity contribution in [2.75, 3.05) is 0 Å². The van der Waals surface area contributed by atoms with Gasteiger partial charge in [-0.25, -0.2) is 9.97 Å². The third-order valence-corrected chi connectivity index (χ3v) is 2.97. The molecule has 0 fully saturated rings. The van der Waals surface area contributed by atoms with E-state index >= 15 is 0 Å². The van der Waals surface area contributed by atoms with E-state index in [4.69, 9.17) is 4.74 Å². The van der Waals surface area contributed by atoms with Gasteiger partial charge in [0, 0.05) is 43.5 Å². The number of aryl methyl sites for hydroxylation is 1. The summed E-state index contributed by atoms with van der Waals surface area (Å²) in [6.45, 7) is 0.402. The minimum atomic E-state index is 0.402. The van der Waals surface area contributed by atoms with Crippen molar-refractivity contribution in [1.29, 1.82) is 0 Å². The van der Waals surface area contributed by atoms with Crippen molar-refractivity contribution in [3.8, 4) is 17.1 Å². The van der Waals surface area contributed by atoms with Crippen LogP contribution >= 0.6 is 0 Å². The van der Waals surface area contributed by atoms with E-state index < -0.39 is 0 Å². The number of hydrogen-bond donors (Lipinski definition) is 0. The van der Waals surface area contributed by atoms with Gasteiger partial charge in [0.25, 0.3) is 0 Å². The zero-order valence-corrected chi connectivity index (χ0v) is 11.1. The Morgan fingerprint density at radius 1 is 1.05 bits per heavy atom. The summed E-state index contributed by atoms with van der Waals surface area (Å²) in [5, 5.41) is 0. The Hall–Kier alpha value is -2.69. The van der Waals surface area contributed by atoms with Crippen molar-refractivity contribution >= 4 is 0 Å². The second-order valence-corrected chi connectivity index (χ2v) is 4.34. The molecule has 5 nitrogen and oxygen atoms in total. The monoisotopic (exact) mass is 266 g/mol. The average Bonchev–Trinajstić information content (AvgIpc) is 2.92. The summed E-state index contributed by atoms with van der Waals surface area (Å²) in [5.41, 5.74) is 1.87. The maximum Gasteiger partial charge on any atom is 0.213 e. The van der Waals surface area contributed by atoms with Gasteiger partial charge in [0.05, 0.1) is 5.69 Å². The number of imidazole rings is 1. The number of nitrogens with zero attached hydrogens (tertiary/aromatic N) is 4. The summed E-state index contributed by atoms with van der Waals surface area (Å²) >= 11 is 0. The maximum absolute atomic E-state index is 5.61. The lowest BCUT2D eigenvalue weighted by Crippen LogP contribution is -2.03. The molecule has 5 heteroatoms. The van der Waals surface area contributed by atoms with Crippen molar-refractivity contribution in [3.63, 3.8) is 0 Å². The normalized spacial score (nSPS) is 10.4. The zero-order chi connectivity index (χ0) is 13.8. The molecular weight excluding hydrogens is 252 g/mol. The number of hydrogen-bond acceptors (Lipinski definition) is 4. The standard InChI is InChI=1S/C15H14N4O/c1-19-9-8-17-14(19)11-20-15-6-5-12(10-18-15)13-4-2-3-7-16-13/h2-10H,11H2,1H3. The van der Waals surface area contributed by atoms with Crippen molar-refractivity contribution in [2.24, 2.45) is 7.05 Å². The van der Waals surface area contributed by atoms with Crippen LogP contribution < -0.4 is 4.74 Å². The van der Waals surface area contributed by atoms with Gasteiger partial charge in [0.1, 0.15) is 12.4 Å². The molecule has 0 radical (unpaired) electrons. The Morgan fingerprint density at radius 2 is 2.00 bits per heavy atom. The minimum Gasteiger partial charge on any atom is -0.469 e. The van der Waals surface area contributed by atoms with Crippen molar-refractivity contribution in [3.05, 3.63) is 60.9 Å². The summed E-state index contributed by atoms with van der Waals surface area (Å²) in [4.78, 5) is 12.8. The topological polar surface area (TPSA) is 52.8 Å². The third kappa shape index (κ3) is 2.66. The molecular formula is C15H14N4O. The Labute approximate surface area is 116 Å². The van der Waals surface area contributed by atoms with Gasteiger partial charge in [-0.2, -0.15) is 0 Å². The zero-order valence-electron chi connectivity index (χ0n) is 11.1. The van der Waals surface area contributed by atoms with Crippen LogP contribution in [-0.2, 0) is 13.7 Å². The molecule has 3 rings (SSSR count). The molecule has 3 aromatic heterocycles. The van der Waals surface area contributed by atoms with Gasteiger partial charge in [0.2, 0.25) is 5.88 Å². The van der Waals surface area contributed by atoms with Crippen molar-refractivity contribution in [1.82, 2.24) is 19.5 Å². The van der Waals surface area contributed by atoms with Gasteiger partial charge >= 0.3 is 0 Å². The smallest absolute Gasteiger partial charge is 0.213 e. The Kier molecular flexibility index (Phi) is 3.41. The number of rotatable bonds is 4. The van der Waals surface area contributed by atoms with E-state index in [2.05, 4.69) is 15.0 Å². The third-order valence-electron chi connectivity index (χ3n) is 2.97. The van der Waals surface area contributed by atoms with Crippen LogP contribution in [0, 0.1) is 0 Å². The molecule has 0 aromatic carbocycles. The molecule has 0 saturated carbocycles. The number of aromatic nitrogens is 4. The first kappa shape index (κ1) is 12.3. The fourth-order valence-corrected chi connectivity index (χ4v) is 1.82. The van der Waals surface area contributed by atoms with E-state index in [1.165, 1.54) is 0 Å². The van der Waals surface area contributed by atoms with Crippen LogP contribution in [0.2, 0.25) is 0 Å².